The summed E-state index contributed by atoms with van der Waals surface area (Å²) in [4.78, 5) is 14.4. The van der Waals surface area contributed by atoms with E-state index >= 15 is 0 Å². The molecule has 1 heterocycles. The Morgan fingerprint density at radius 1 is 1.56 bits per heavy atom. The molecule has 5 nitrogen and oxygen atoms in total. The van der Waals surface area contributed by atoms with Crippen LogP contribution < -0.4 is 11.1 Å². The minimum Gasteiger partial charge on any atom is -0.374 e. The highest BCUT2D eigenvalue weighted by atomic mass is 16.5. The number of amides is 1. The van der Waals surface area contributed by atoms with Crippen molar-refractivity contribution in [3.05, 3.63) is 0 Å². The van der Waals surface area contributed by atoms with Crippen LogP contribution in [0.4, 0.5) is 0 Å². The van der Waals surface area contributed by atoms with Gasteiger partial charge in [-0.2, -0.15) is 0 Å². The molecule has 3 N–H and O–H groups in total. The fraction of sp³-hybridized carbons (Fsp3) is 0.923. The van der Waals surface area contributed by atoms with Crippen LogP contribution in [0, 0.1) is 5.41 Å². The Hall–Kier alpha value is -0.650. The van der Waals surface area contributed by atoms with Gasteiger partial charge < -0.3 is 15.8 Å². The highest BCUT2D eigenvalue weighted by Crippen LogP contribution is 2.19. The molecule has 1 aliphatic rings. The first kappa shape index (κ1) is 15.4. The number of carbonyl (C=O) groups excluding carboxylic acids is 1. The molecule has 5 heteroatoms. The van der Waals surface area contributed by atoms with E-state index < -0.39 is 5.41 Å². The van der Waals surface area contributed by atoms with E-state index in [0.29, 0.717) is 13.1 Å². The van der Waals surface area contributed by atoms with Crippen LogP contribution in [-0.4, -0.2) is 56.2 Å². The molecule has 0 aromatic rings. The van der Waals surface area contributed by atoms with Crippen molar-refractivity contribution in [2.24, 2.45) is 11.1 Å². The van der Waals surface area contributed by atoms with Gasteiger partial charge in [-0.3, -0.25) is 9.69 Å². The number of nitrogens with one attached hydrogen (secondary N) is 1. The fourth-order valence-electron chi connectivity index (χ4n) is 2.01. The van der Waals surface area contributed by atoms with Crippen LogP contribution in [0.2, 0.25) is 0 Å². The Balaban J connectivity index is 2.38. The number of rotatable bonds is 6. The Kier molecular flexibility index (Phi) is 6.05. The highest BCUT2D eigenvalue weighted by Gasteiger charge is 2.30. The zero-order valence-corrected chi connectivity index (χ0v) is 11.9. The lowest BCUT2D eigenvalue weighted by molar-refractivity contribution is -0.131. The third-order valence-electron chi connectivity index (χ3n) is 3.94. The average molecular weight is 257 g/mol. The Morgan fingerprint density at radius 2 is 2.28 bits per heavy atom. The van der Waals surface area contributed by atoms with Gasteiger partial charge in [-0.25, -0.2) is 0 Å². The van der Waals surface area contributed by atoms with Crippen LogP contribution in [0.25, 0.3) is 0 Å². The van der Waals surface area contributed by atoms with Crippen molar-refractivity contribution in [3.8, 4) is 0 Å². The normalized spacial score (nSPS) is 24.6. The van der Waals surface area contributed by atoms with Crippen molar-refractivity contribution < 1.29 is 9.53 Å². The third kappa shape index (κ3) is 3.93. The molecule has 18 heavy (non-hydrogen) atoms. The lowest BCUT2D eigenvalue weighted by Gasteiger charge is -2.33. The number of likely N-dealkylation sites (N-methyl/N-ethyl adjacent to an activating group) is 1. The molecule has 1 amide bonds. The molecular weight excluding hydrogens is 230 g/mol. The van der Waals surface area contributed by atoms with E-state index in [0.717, 1.165) is 32.7 Å². The smallest absolute Gasteiger partial charge is 0.227 e. The van der Waals surface area contributed by atoms with E-state index in [-0.39, 0.29) is 12.0 Å². The zero-order chi connectivity index (χ0) is 13.6. The summed E-state index contributed by atoms with van der Waals surface area (Å²) in [6.07, 6.45) is 0.851. The highest BCUT2D eigenvalue weighted by molar-refractivity contribution is 5.82. The summed E-state index contributed by atoms with van der Waals surface area (Å²) in [6.45, 7) is 10.6. The molecule has 1 aliphatic heterocycles. The molecule has 0 saturated carbocycles. The van der Waals surface area contributed by atoms with E-state index in [1.165, 1.54) is 0 Å². The van der Waals surface area contributed by atoms with Crippen molar-refractivity contribution in [1.29, 1.82) is 0 Å². The molecule has 0 bridgehead atoms. The number of carbonyl (C=O) groups is 1. The lowest BCUT2D eigenvalue weighted by atomic mass is 9.86. The van der Waals surface area contributed by atoms with Crippen molar-refractivity contribution >= 4 is 5.91 Å². The Bertz CT molecular complexity index is 267. The van der Waals surface area contributed by atoms with Gasteiger partial charge in [0, 0.05) is 26.2 Å². The summed E-state index contributed by atoms with van der Waals surface area (Å²) in [5, 5.41) is 2.97. The van der Waals surface area contributed by atoms with Gasteiger partial charge in [-0.1, -0.05) is 13.8 Å². The molecule has 1 saturated heterocycles. The summed E-state index contributed by atoms with van der Waals surface area (Å²) < 4.78 is 5.65. The van der Waals surface area contributed by atoms with E-state index in [2.05, 4.69) is 17.1 Å². The number of morpholine rings is 1. The summed E-state index contributed by atoms with van der Waals surface area (Å²) in [5.74, 6) is 0.0321. The van der Waals surface area contributed by atoms with Crippen LogP contribution in [0.3, 0.4) is 0 Å². The SMILES string of the molecule is CCN1CCOC(CNC(=O)C(C)(CC)CN)C1. The molecule has 0 radical (unpaired) electrons. The van der Waals surface area contributed by atoms with Crippen molar-refractivity contribution in [3.63, 3.8) is 0 Å². The molecule has 0 aromatic carbocycles. The van der Waals surface area contributed by atoms with Gasteiger partial charge in [0.1, 0.15) is 0 Å². The van der Waals surface area contributed by atoms with Gasteiger partial charge in [0.2, 0.25) is 5.91 Å². The fourth-order valence-corrected chi connectivity index (χ4v) is 2.01. The van der Waals surface area contributed by atoms with E-state index in [1.807, 2.05) is 13.8 Å². The second-order valence-corrected chi connectivity index (χ2v) is 5.21. The first-order chi connectivity index (χ1) is 8.55. The molecule has 0 aromatic heterocycles. The molecule has 0 spiro atoms. The van der Waals surface area contributed by atoms with Gasteiger partial charge >= 0.3 is 0 Å². The first-order valence-corrected chi connectivity index (χ1v) is 6.88. The molecule has 1 fully saturated rings. The predicted molar refractivity (Wildman–Crippen MR) is 72.3 cm³/mol. The van der Waals surface area contributed by atoms with Gasteiger partial charge in [-0.15, -0.1) is 0 Å². The maximum Gasteiger partial charge on any atom is 0.227 e. The molecular formula is C13H27N3O2. The number of nitrogens with zero attached hydrogens (tertiary/aromatic N) is 1. The number of ether oxygens (including phenoxy) is 1. The van der Waals surface area contributed by atoms with Crippen LogP contribution in [0.1, 0.15) is 27.2 Å². The number of nitrogens with two attached hydrogens (primary N) is 1. The number of hydrogen-bond acceptors (Lipinski definition) is 4. The van der Waals surface area contributed by atoms with Crippen molar-refractivity contribution in [2.75, 3.05) is 39.3 Å². The maximum atomic E-state index is 12.1. The van der Waals surface area contributed by atoms with E-state index in [9.17, 15) is 4.79 Å². The van der Waals surface area contributed by atoms with Crippen LogP contribution in [0.5, 0.6) is 0 Å². The van der Waals surface area contributed by atoms with Gasteiger partial charge in [0.25, 0.3) is 0 Å². The quantitative estimate of drug-likeness (QED) is 0.713. The Morgan fingerprint density at radius 3 is 2.83 bits per heavy atom. The summed E-state index contributed by atoms with van der Waals surface area (Å²) in [5.41, 5.74) is 5.21. The monoisotopic (exact) mass is 257 g/mol. The zero-order valence-electron chi connectivity index (χ0n) is 11.9. The molecule has 1 rings (SSSR count). The van der Waals surface area contributed by atoms with Crippen LogP contribution in [-0.2, 0) is 9.53 Å². The first-order valence-electron chi connectivity index (χ1n) is 6.88. The standard InChI is InChI=1S/C13H27N3O2/c1-4-13(3,10-14)12(17)15-8-11-9-16(5-2)6-7-18-11/h11H,4-10,14H2,1-3H3,(H,15,17). The Labute approximate surface area is 110 Å². The summed E-state index contributed by atoms with van der Waals surface area (Å²) in [7, 11) is 0. The molecule has 2 unspecified atom stereocenters. The summed E-state index contributed by atoms with van der Waals surface area (Å²) in [6, 6.07) is 0. The largest absolute Gasteiger partial charge is 0.374 e. The van der Waals surface area contributed by atoms with E-state index in [1.54, 1.807) is 0 Å². The van der Waals surface area contributed by atoms with Crippen LogP contribution >= 0.6 is 0 Å². The predicted octanol–water partition coefficient (Wildman–Crippen LogP) is 0.198. The molecule has 0 aliphatic carbocycles. The van der Waals surface area contributed by atoms with Crippen molar-refractivity contribution in [1.82, 2.24) is 10.2 Å². The average Bonchev–Trinajstić information content (AvgIpc) is 2.43. The van der Waals surface area contributed by atoms with Gasteiger partial charge in [0.05, 0.1) is 18.1 Å². The van der Waals surface area contributed by atoms with Crippen molar-refractivity contribution in [2.45, 2.75) is 33.3 Å². The van der Waals surface area contributed by atoms with Gasteiger partial charge in [0.15, 0.2) is 0 Å². The second-order valence-electron chi connectivity index (χ2n) is 5.21. The van der Waals surface area contributed by atoms with E-state index in [4.69, 9.17) is 10.5 Å². The molecule has 106 valence electrons. The lowest BCUT2D eigenvalue weighted by Crippen LogP contribution is -2.50. The van der Waals surface area contributed by atoms with Crippen LogP contribution in [0.15, 0.2) is 0 Å². The minimum absolute atomic E-state index is 0.0321. The van der Waals surface area contributed by atoms with Gasteiger partial charge in [-0.05, 0) is 19.9 Å². The maximum absolute atomic E-state index is 12.1. The topological polar surface area (TPSA) is 67.6 Å². The number of hydrogen-bond donors (Lipinski definition) is 2. The summed E-state index contributed by atoms with van der Waals surface area (Å²) >= 11 is 0. The second kappa shape index (κ2) is 7.07. The minimum atomic E-state index is -0.459. The third-order valence-corrected chi connectivity index (χ3v) is 3.94. The molecule has 2 atom stereocenters.